The van der Waals surface area contributed by atoms with E-state index in [1.54, 1.807) is 0 Å². The highest BCUT2D eigenvalue weighted by Crippen LogP contribution is 2.31. The lowest BCUT2D eigenvalue weighted by molar-refractivity contribution is -0.122. The van der Waals surface area contributed by atoms with Gasteiger partial charge in [0.1, 0.15) is 0 Å². The van der Waals surface area contributed by atoms with E-state index >= 15 is 0 Å². The first kappa shape index (κ1) is 13.9. The average Bonchev–Trinajstić information content (AvgIpc) is 3.34. The van der Waals surface area contributed by atoms with Gasteiger partial charge in [0.2, 0.25) is 5.91 Å². The Hall–Kier alpha value is -2.09. The summed E-state index contributed by atoms with van der Waals surface area (Å²) in [6, 6.07) is 20.9. The molecule has 1 saturated carbocycles. The third kappa shape index (κ3) is 3.33. The van der Waals surface area contributed by atoms with Gasteiger partial charge in [-0.1, -0.05) is 60.7 Å². The Morgan fingerprint density at radius 3 is 1.86 bits per heavy atom. The summed E-state index contributed by atoms with van der Waals surface area (Å²) in [7, 11) is 0. The SMILES string of the molecule is CC(NC(=O)C1CC1)C(c1ccccc1)c1ccccc1. The van der Waals surface area contributed by atoms with Crippen molar-refractivity contribution in [1.29, 1.82) is 0 Å². The van der Waals surface area contributed by atoms with Gasteiger partial charge in [0.25, 0.3) is 0 Å². The number of amides is 1. The van der Waals surface area contributed by atoms with Crippen LogP contribution in [0, 0.1) is 5.92 Å². The van der Waals surface area contributed by atoms with Crippen LogP contribution in [0.2, 0.25) is 0 Å². The van der Waals surface area contributed by atoms with Gasteiger partial charge in [-0.2, -0.15) is 0 Å². The minimum Gasteiger partial charge on any atom is -0.352 e. The lowest BCUT2D eigenvalue weighted by Gasteiger charge is -2.26. The number of hydrogen-bond donors (Lipinski definition) is 1. The summed E-state index contributed by atoms with van der Waals surface area (Å²) in [6.45, 7) is 2.10. The zero-order valence-corrected chi connectivity index (χ0v) is 12.3. The molecule has 0 saturated heterocycles. The molecule has 1 fully saturated rings. The van der Waals surface area contributed by atoms with E-state index in [0.29, 0.717) is 0 Å². The maximum absolute atomic E-state index is 12.1. The van der Waals surface area contributed by atoms with Gasteiger partial charge in [0, 0.05) is 17.9 Å². The van der Waals surface area contributed by atoms with E-state index in [0.717, 1.165) is 12.8 Å². The van der Waals surface area contributed by atoms with E-state index < -0.39 is 0 Å². The fraction of sp³-hybridized carbons (Fsp3) is 0.316. The molecule has 21 heavy (non-hydrogen) atoms. The van der Waals surface area contributed by atoms with Crippen molar-refractivity contribution in [1.82, 2.24) is 5.32 Å². The van der Waals surface area contributed by atoms with Gasteiger partial charge in [0.05, 0.1) is 0 Å². The zero-order valence-electron chi connectivity index (χ0n) is 12.3. The molecule has 1 atom stereocenters. The fourth-order valence-corrected chi connectivity index (χ4v) is 2.86. The van der Waals surface area contributed by atoms with Crippen LogP contribution in [-0.4, -0.2) is 11.9 Å². The minimum atomic E-state index is 0.0860. The Labute approximate surface area is 126 Å². The summed E-state index contributed by atoms with van der Waals surface area (Å²) in [4.78, 5) is 12.1. The molecule has 1 N–H and O–H groups in total. The second kappa shape index (κ2) is 6.13. The molecular formula is C19H21NO. The van der Waals surface area contributed by atoms with Crippen LogP contribution in [0.4, 0.5) is 0 Å². The number of rotatable bonds is 5. The summed E-state index contributed by atoms with van der Waals surface area (Å²) in [6.07, 6.45) is 2.08. The van der Waals surface area contributed by atoms with Gasteiger partial charge in [-0.3, -0.25) is 4.79 Å². The van der Waals surface area contributed by atoms with E-state index in [-0.39, 0.29) is 23.8 Å². The summed E-state index contributed by atoms with van der Waals surface area (Å²) < 4.78 is 0. The first-order chi connectivity index (χ1) is 10.3. The van der Waals surface area contributed by atoms with Crippen molar-refractivity contribution >= 4 is 5.91 Å². The average molecular weight is 279 g/mol. The van der Waals surface area contributed by atoms with E-state index in [1.165, 1.54) is 11.1 Å². The molecular weight excluding hydrogens is 258 g/mol. The summed E-state index contributed by atoms with van der Waals surface area (Å²) in [5.74, 6) is 0.647. The Bertz CT molecular complexity index is 550. The molecule has 0 spiro atoms. The van der Waals surface area contributed by atoms with Gasteiger partial charge < -0.3 is 5.32 Å². The van der Waals surface area contributed by atoms with Crippen LogP contribution in [0.1, 0.15) is 36.8 Å². The molecule has 1 aliphatic carbocycles. The Morgan fingerprint density at radius 2 is 1.43 bits per heavy atom. The van der Waals surface area contributed by atoms with Crippen molar-refractivity contribution in [3.8, 4) is 0 Å². The van der Waals surface area contributed by atoms with E-state index in [2.05, 4.69) is 60.8 Å². The normalized spacial score (nSPS) is 15.7. The molecule has 1 unspecified atom stereocenters. The van der Waals surface area contributed by atoms with Crippen LogP contribution in [0.25, 0.3) is 0 Å². The Morgan fingerprint density at radius 1 is 0.952 bits per heavy atom. The molecule has 2 aromatic carbocycles. The summed E-state index contributed by atoms with van der Waals surface area (Å²) in [5, 5.41) is 3.20. The fourth-order valence-electron chi connectivity index (χ4n) is 2.86. The zero-order chi connectivity index (χ0) is 14.7. The molecule has 0 bridgehead atoms. The van der Waals surface area contributed by atoms with E-state index in [4.69, 9.17) is 0 Å². The minimum absolute atomic E-state index is 0.0860. The molecule has 2 heteroatoms. The number of hydrogen-bond acceptors (Lipinski definition) is 1. The Balaban J connectivity index is 1.86. The van der Waals surface area contributed by atoms with E-state index in [9.17, 15) is 4.79 Å². The predicted octanol–water partition coefficient (Wildman–Crippen LogP) is 3.73. The number of carbonyl (C=O) groups excluding carboxylic acids is 1. The number of carbonyl (C=O) groups is 1. The largest absolute Gasteiger partial charge is 0.352 e. The molecule has 1 amide bonds. The highest BCUT2D eigenvalue weighted by atomic mass is 16.2. The molecule has 2 nitrogen and oxygen atoms in total. The van der Waals surface area contributed by atoms with Crippen LogP contribution in [-0.2, 0) is 4.79 Å². The maximum atomic E-state index is 12.1. The molecule has 0 aromatic heterocycles. The van der Waals surface area contributed by atoms with Crippen molar-refractivity contribution in [2.24, 2.45) is 5.92 Å². The van der Waals surface area contributed by atoms with Gasteiger partial charge in [-0.15, -0.1) is 0 Å². The lowest BCUT2D eigenvalue weighted by atomic mass is 9.85. The smallest absolute Gasteiger partial charge is 0.223 e. The van der Waals surface area contributed by atoms with Crippen LogP contribution in [0.3, 0.4) is 0 Å². The maximum Gasteiger partial charge on any atom is 0.223 e. The highest BCUT2D eigenvalue weighted by molar-refractivity contribution is 5.81. The summed E-state index contributed by atoms with van der Waals surface area (Å²) in [5.41, 5.74) is 2.49. The second-order valence-electron chi connectivity index (χ2n) is 5.87. The van der Waals surface area contributed by atoms with Crippen molar-refractivity contribution in [3.63, 3.8) is 0 Å². The quantitative estimate of drug-likeness (QED) is 0.887. The molecule has 1 aliphatic rings. The molecule has 3 rings (SSSR count). The topological polar surface area (TPSA) is 29.1 Å². The highest BCUT2D eigenvalue weighted by Gasteiger charge is 2.32. The van der Waals surface area contributed by atoms with E-state index in [1.807, 2.05) is 12.1 Å². The third-order valence-corrected chi connectivity index (χ3v) is 4.14. The monoisotopic (exact) mass is 279 g/mol. The number of benzene rings is 2. The van der Waals surface area contributed by atoms with Crippen LogP contribution in [0.15, 0.2) is 60.7 Å². The Kier molecular flexibility index (Phi) is 4.05. The van der Waals surface area contributed by atoms with Gasteiger partial charge >= 0.3 is 0 Å². The standard InChI is InChI=1S/C19H21NO/c1-14(20-19(21)17-12-13-17)18(15-8-4-2-5-9-15)16-10-6-3-7-11-16/h2-11,14,17-18H,12-13H2,1H3,(H,20,21). The van der Waals surface area contributed by atoms with Crippen LogP contribution >= 0.6 is 0 Å². The molecule has 0 radical (unpaired) electrons. The predicted molar refractivity (Wildman–Crippen MR) is 85.1 cm³/mol. The van der Waals surface area contributed by atoms with Crippen LogP contribution < -0.4 is 5.32 Å². The third-order valence-electron chi connectivity index (χ3n) is 4.14. The first-order valence-corrected chi connectivity index (χ1v) is 7.66. The van der Waals surface area contributed by atoms with Crippen LogP contribution in [0.5, 0.6) is 0 Å². The van der Waals surface area contributed by atoms with Crippen molar-refractivity contribution in [3.05, 3.63) is 71.8 Å². The van der Waals surface area contributed by atoms with Crippen molar-refractivity contribution < 1.29 is 4.79 Å². The number of nitrogens with one attached hydrogen (secondary N) is 1. The van der Waals surface area contributed by atoms with Crippen molar-refractivity contribution in [2.45, 2.75) is 31.7 Å². The molecule has 0 aliphatic heterocycles. The molecule has 108 valence electrons. The lowest BCUT2D eigenvalue weighted by Crippen LogP contribution is -2.38. The van der Waals surface area contributed by atoms with Gasteiger partial charge in [-0.05, 0) is 30.9 Å². The molecule has 0 heterocycles. The second-order valence-corrected chi connectivity index (χ2v) is 5.87. The van der Waals surface area contributed by atoms with Crippen molar-refractivity contribution in [2.75, 3.05) is 0 Å². The summed E-state index contributed by atoms with van der Waals surface area (Å²) >= 11 is 0. The van der Waals surface area contributed by atoms with Gasteiger partial charge in [0.15, 0.2) is 0 Å². The first-order valence-electron chi connectivity index (χ1n) is 7.66. The molecule has 2 aromatic rings. The van der Waals surface area contributed by atoms with Gasteiger partial charge in [-0.25, -0.2) is 0 Å².